The Morgan fingerprint density at radius 1 is 0.943 bits per heavy atom. The van der Waals surface area contributed by atoms with Crippen molar-refractivity contribution in [2.75, 3.05) is 25.0 Å². The molecular weight excluding hydrogens is 434 g/mol. The van der Waals surface area contributed by atoms with Gasteiger partial charge in [-0.3, -0.25) is 4.79 Å². The molecule has 180 valence electrons. The van der Waals surface area contributed by atoms with Crippen molar-refractivity contribution in [3.8, 4) is 0 Å². The molecule has 1 fully saturated rings. The van der Waals surface area contributed by atoms with Gasteiger partial charge in [0.05, 0.1) is 5.71 Å². The third kappa shape index (κ3) is 5.46. The number of aryl methyl sites for hydroxylation is 1. The van der Waals surface area contributed by atoms with Gasteiger partial charge in [-0.05, 0) is 93.0 Å². The van der Waals surface area contributed by atoms with Gasteiger partial charge in [0.1, 0.15) is 0 Å². The molecule has 35 heavy (non-hydrogen) atoms. The monoisotopic (exact) mass is 467 g/mol. The summed E-state index contributed by atoms with van der Waals surface area (Å²) in [5.41, 5.74) is 5.69. The predicted molar refractivity (Wildman–Crippen MR) is 140 cm³/mol. The third-order valence-corrected chi connectivity index (χ3v) is 7.58. The fourth-order valence-electron chi connectivity index (χ4n) is 5.57. The lowest BCUT2D eigenvalue weighted by Crippen LogP contribution is -2.36. The highest BCUT2D eigenvalue weighted by molar-refractivity contribution is 6.07. The number of likely N-dealkylation sites (tertiary alicyclic amines) is 1. The highest BCUT2D eigenvalue weighted by atomic mass is 16.4. The molecule has 5 nitrogen and oxygen atoms in total. The molecule has 0 radical (unpaired) electrons. The minimum atomic E-state index is -0.123. The number of hydrogen-bond donors (Lipinski definition) is 2. The van der Waals surface area contributed by atoms with Gasteiger partial charge in [-0.25, -0.2) is 0 Å². The summed E-state index contributed by atoms with van der Waals surface area (Å²) in [5.74, 6) is 0.780. The van der Waals surface area contributed by atoms with Crippen molar-refractivity contribution in [1.82, 2.24) is 4.90 Å². The van der Waals surface area contributed by atoms with Gasteiger partial charge >= 0.3 is 0 Å². The van der Waals surface area contributed by atoms with Gasteiger partial charge in [0.25, 0.3) is 5.91 Å². The maximum atomic E-state index is 12.7. The second-order valence-corrected chi connectivity index (χ2v) is 9.73. The third-order valence-electron chi connectivity index (χ3n) is 7.58. The zero-order valence-electron chi connectivity index (χ0n) is 20.1. The Labute approximate surface area is 207 Å². The van der Waals surface area contributed by atoms with E-state index in [4.69, 9.17) is 0 Å². The lowest BCUT2D eigenvalue weighted by Gasteiger charge is -2.34. The maximum Gasteiger partial charge on any atom is 0.255 e. The van der Waals surface area contributed by atoms with E-state index in [1.807, 2.05) is 48.5 Å². The summed E-state index contributed by atoms with van der Waals surface area (Å²) in [5, 5.41) is 16.5. The zero-order chi connectivity index (χ0) is 24.0. The number of para-hydroxylation sites is 1. The van der Waals surface area contributed by atoms with Crippen LogP contribution in [0.15, 0.2) is 84.0 Å². The number of hydrogen-bond acceptors (Lipinski definition) is 4. The summed E-state index contributed by atoms with van der Waals surface area (Å²) < 4.78 is 0. The van der Waals surface area contributed by atoms with Gasteiger partial charge < -0.3 is 15.4 Å². The van der Waals surface area contributed by atoms with Crippen LogP contribution in [0.5, 0.6) is 0 Å². The van der Waals surface area contributed by atoms with E-state index in [0.717, 1.165) is 61.4 Å². The number of rotatable bonds is 6. The average Bonchev–Trinajstić information content (AvgIpc) is 2.92. The highest BCUT2D eigenvalue weighted by Gasteiger charge is 2.28. The minimum absolute atomic E-state index is 0.123. The molecule has 1 aliphatic heterocycles. The molecule has 1 unspecified atom stereocenters. The summed E-state index contributed by atoms with van der Waals surface area (Å²) in [7, 11) is 0. The number of piperidine rings is 1. The van der Waals surface area contributed by atoms with Crippen LogP contribution in [-0.4, -0.2) is 41.4 Å². The van der Waals surface area contributed by atoms with E-state index in [2.05, 4.69) is 45.7 Å². The van der Waals surface area contributed by atoms with E-state index >= 15 is 0 Å². The molecule has 3 aromatic carbocycles. The first-order valence-corrected chi connectivity index (χ1v) is 12.7. The molecule has 0 spiro atoms. The first-order chi connectivity index (χ1) is 17.2. The van der Waals surface area contributed by atoms with Crippen LogP contribution in [0.4, 0.5) is 5.69 Å². The minimum Gasteiger partial charge on any atom is -0.411 e. The predicted octanol–water partition coefficient (Wildman–Crippen LogP) is 5.95. The van der Waals surface area contributed by atoms with E-state index < -0.39 is 0 Å². The van der Waals surface area contributed by atoms with Gasteiger partial charge in [0.2, 0.25) is 0 Å². The van der Waals surface area contributed by atoms with Gasteiger partial charge in [-0.1, -0.05) is 59.8 Å². The number of benzene rings is 3. The van der Waals surface area contributed by atoms with Crippen LogP contribution in [0.3, 0.4) is 0 Å². The van der Waals surface area contributed by atoms with E-state index in [-0.39, 0.29) is 11.8 Å². The quantitative estimate of drug-likeness (QED) is 0.348. The number of amides is 1. The van der Waals surface area contributed by atoms with Crippen molar-refractivity contribution in [1.29, 1.82) is 0 Å². The van der Waals surface area contributed by atoms with Gasteiger partial charge in [0, 0.05) is 22.7 Å². The highest BCUT2D eigenvalue weighted by Crippen LogP contribution is 2.31. The van der Waals surface area contributed by atoms with Gasteiger partial charge in [0.15, 0.2) is 0 Å². The van der Waals surface area contributed by atoms with E-state index in [9.17, 15) is 10.0 Å². The second-order valence-electron chi connectivity index (χ2n) is 9.73. The number of fused-ring (bicyclic) bond motifs is 1. The Morgan fingerprint density at radius 3 is 2.37 bits per heavy atom. The Bertz CT molecular complexity index is 1170. The zero-order valence-corrected chi connectivity index (χ0v) is 20.1. The SMILES string of the molecule is O=C(Nc1ccccc1)c1ccc2c(c1)CCC(CCN1CCC(c3ccccc3)CC1)/C2=N/O. The number of carbonyl (C=O) groups is 1. The maximum absolute atomic E-state index is 12.7. The largest absolute Gasteiger partial charge is 0.411 e. The molecule has 1 saturated heterocycles. The molecule has 5 heteroatoms. The van der Waals surface area contributed by atoms with Crippen LogP contribution in [0.2, 0.25) is 0 Å². The van der Waals surface area contributed by atoms with Crippen LogP contribution >= 0.6 is 0 Å². The fourth-order valence-corrected chi connectivity index (χ4v) is 5.57. The van der Waals surface area contributed by atoms with Crippen LogP contribution in [0, 0.1) is 5.92 Å². The summed E-state index contributed by atoms with van der Waals surface area (Å²) in [6.07, 6.45) is 5.22. The number of anilines is 1. The first-order valence-electron chi connectivity index (χ1n) is 12.7. The number of carbonyl (C=O) groups excluding carboxylic acids is 1. The smallest absolute Gasteiger partial charge is 0.255 e. The van der Waals surface area contributed by atoms with Crippen molar-refractivity contribution in [3.05, 3.63) is 101 Å². The van der Waals surface area contributed by atoms with Crippen molar-refractivity contribution < 1.29 is 10.0 Å². The topological polar surface area (TPSA) is 64.9 Å². The molecule has 0 aromatic heterocycles. The second kappa shape index (κ2) is 10.9. The fraction of sp³-hybridized carbons (Fsp3) is 0.333. The Morgan fingerprint density at radius 2 is 1.66 bits per heavy atom. The molecule has 1 heterocycles. The van der Waals surface area contributed by atoms with Crippen molar-refractivity contribution >= 4 is 17.3 Å². The van der Waals surface area contributed by atoms with Crippen LogP contribution in [0.25, 0.3) is 0 Å². The van der Waals surface area contributed by atoms with E-state index in [0.29, 0.717) is 11.5 Å². The molecule has 1 amide bonds. The lowest BCUT2D eigenvalue weighted by atomic mass is 9.79. The van der Waals surface area contributed by atoms with Crippen LogP contribution in [0.1, 0.15) is 58.6 Å². The Kier molecular flexibility index (Phi) is 7.24. The molecule has 3 aromatic rings. The normalized spacial score (nSPS) is 19.9. The van der Waals surface area contributed by atoms with E-state index in [1.54, 1.807) is 0 Å². The first kappa shape index (κ1) is 23.3. The average molecular weight is 468 g/mol. The molecule has 0 saturated carbocycles. The van der Waals surface area contributed by atoms with E-state index in [1.165, 1.54) is 18.4 Å². The van der Waals surface area contributed by atoms with Crippen LogP contribution < -0.4 is 5.32 Å². The lowest BCUT2D eigenvalue weighted by molar-refractivity contribution is 0.102. The van der Waals surface area contributed by atoms with Gasteiger partial charge in [-0.15, -0.1) is 0 Å². The molecule has 0 bridgehead atoms. The molecule has 1 aliphatic carbocycles. The summed E-state index contributed by atoms with van der Waals surface area (Å²) in [4.78, 5) is 15.3. The molecule has 1 atom stereocenters. The van der Waals surface area contributed by atoms with Crippen LogP contribution in [-0.2, 0) is 6.42 Å². The van der Waals surface area contributed by atoms with Crippen molar-refractivity contribution in [2.24, 2.45) is 11.1 Å². The molecule has 2 N–H and O–H groups in total. The Hall–Kier alpha value is -3.44. The number of nitrogens with one attached hydrogen (secondary N) is 1. The summed E-state index contributed by atoms with van der Waals surface area (Å²) >= 11 is 0. The Balaban J connectivity index is 1.18. The summed E-state index contributed by atoms with van der Waals surface area (Å²) in [6, 6.07) is 26.1. The van der Waals surface area contributed by atoms with Crippen molar-refractivity contribution in [2.45, 2.75) is 38.0 Å². The molecule has 5 rings (SSSR count). The number of nitrogens with zero attached hydrogens (tertiary/aromatic N) is 2. The molecular formula is C30H33N3O2. The van der Waals surface area contributed by atoms with Gasteiger partial charge in [-0.2, -0.15) is 0 Å². The summed E-state index contributed by atoms with van der Waals surface area (Å²) in [6.45, 7) is 3.26. The number of oxime groups is 1. The molecule has 2 aliphatic rings. The standard InChI is InChI=1S/C30H33N3O2/c34-30(31-27-9-5-2-6-10-27)26-13-14-28-25(21-26)12-11-24(29(28)32-35)17-20-33-18-15-23(16-19-33)22-7-3-1-4-8-22/h1-10,13-14,21,23-24,35H,11-12,15-20H2,(H,31,34)/b32-29-. The van der Waals surface area contributed by atoms with Crippen molar-refractivity contribution in [3.63, 3.8) is 0 Å².